The number of aliphatic hydroxyl groups is 5. The number of carbonyl (C=O) groups is 3. The second-order valence-corrected chi connectivity index (χ2v) is 11.2. The van der Waals surface area contributed by atoms with E-state index in [9.17, 15) is 50.1 Å². The van der Waals surface area contributed by atoms with Crippen LogP contribution in [0.25, 0.3) is 12.2 Å². The van der Waals surface area contributed by atoms with Crippen LogP contribution in [0.5, 0.6) is 17.2 Å². The average Bonchev–Trinajstić information content (AvgIpc) is 3.35. The number of ether oxygens (including phenoxy) is 7. The van der Waals surface area contributed by atoms with E-state index < -0.39 is 92.5 Å². The zero-order valence-electron chi connectivity index (χ0n) is 26.8. The fourth-order valence-electron chi connectivity index (χ4n) is 5.04. The summed E-state index contributed by atoms with van der Waals surface area (Å²) in [6.45, 7) is -1.31. The van der Waals surface area contributed by atoms with Gasteiger partial charge in [-0.05, 0) is 47.5 Å². The fourth-order valence-corrected chi connectivity index (χ4v) is 5.04. The average molecular weight is 707 g/mol. The molecule has 0 spiro atoms. The van der Waals surface area contributed by atoms with Crippen molar-refractivity contribution in [3.05, 3.63) is 65.7 Å². The topological polar surface area (TPSA) is 257 Å². The summed E-state index contributed by atoms with van der Waals surface area (Å²) in [7, 11) is 1.35. The van der Waals surface area contributed by atoms with Crippen LogP contribution in [0.2, 0.25) is 0 Å². The van der Waals surface area contributed by atoms with Gasteiger partial charge in [0.05, 0.1) is 7.11 Å². The summed E-state index contributed by atoms with van der Waals surface area (Å²) in [4.78, 5) is 36.8. The molecule has 2 heterocycles. The molecule has 0 aliphatic carbocycles. The van der Waals surface area contributed by atoms with E-state index in [4.69, 9.17) is 33.2 Å². The third-order valence-electron chi connectivity index (χ3n) is 7.68. The number of carbonyl (C=O) groups excluding carboxylic acids is 3. The molecule has 17 heteroatoms. The molecule has 50 heavy (non-hydrogen) atoms. The zero-order valence-corrected chi connectivity index (χ0v) is 26.8. The van der Waals surface area contributed by atoms with Crippen LogP contribution in [-0.2, 0) is 42.8 Å². The maximum absolute atomic E-state index is 12.9. The minimum absolute atomic E-state index is 0.0106. The molecule has 0 bridgehead atoms. The first-order valence-electron chi connectivity index (χ1n) is 15.1. The number of methoxy groups -OCH3 is 1. The Morgan fingerprint density at radius 3 is 2.12 bits per heavy atom. The smallest absolute Gasteiger partial charge is 0.331 e. The largest absolute Gasteiger partial charge is 0.508 e. The monoisotopic (exact) mass is 706 g/mol. The number of phenolic OH excluding ortho intramolecular Hbond substituents is 2. The van der Waals surface area contributed by atoms with Crippen LogP contribution in [0, 0.1) is 0 Å². The summed E-state index contributed by atoms with van der Waals surface area (Å²) in [5.41, 5.74) is 0.959. The molecule has 2 aliphatic rings. The van der Waals surface area contributed by atoms with E-state index in [-0.39, 0.29) is 17.2 Å². The van der Waals surface area contributed by atoms with Gasteiger partial charge in [0.15, 0.2) is 23.9 Å². The second-order valence-electron chi connectivity index (χ2n) is 11.2. The molecule has 2 fully saturated rings. The van der Waals surface area contributed by atoms with Crippen molar-refractivity contribution in [2.45, 2.75) is 61.7 Å². The highest BCUT2D eigenvalue weighted by atomic mass is 16.8. The van der Waals surface area contributed by atoms with E-state index in [2.05, 4.69) is 0 Å². The molecule has 0 radical (unpaired) electrons. The zero-order chi connectivity index (χ0) is 36.6. The first kappa shape index (κ1) is 38.2. The van der Waals surface area contributed by atoms with Crippen LogP contribution in [0.3, 0.4) is 0 Å². The van der Waals surface area contributed by atoms with Crippen LogP contribution < -0.4 is 4.74 Å². The Hall–Kier alpha value is -4.59. The molecule has 17 nitrogen and oxygen atoms in total. The molecule has 272 valence electrons. The quantitative estimate of drug-likeness (QED) is 0.0758. The molecule has 2 aliphatic heterocycles. The van der Waals surface area contributed by atoms with E-state index >= 15 is 0 Å². The predicted molar refractivity (Wildman–Crippen MR) is 167 cm³/mol. The van der Waals surface area contributed by atoms with Gasteiger partial charge in [-0.2, -0.15) is 0 Å². The van der Waals surface area contributed by atoms with E-state index in [1.807, 2.05) is 0 Å². The van der Waals surface area contributed by atoms with Gasteiger partial charge in [-0.3, -0.25) is 4.79 Å². The van der Waals surface area contributed by atoms with Crippen LogP contribution in [0.4, 0.5) is 0 Å². The number of benzene rings is 2. The van der Waals surface area contributed by atoms with Crippen molar-refractivity contribution in [2.24, 2.45) is 0 Å². The van der Waals surface area contributed by atoms with Crippen LogP contribution >= 0.6 is 0 Å². The summed E-state index contributed by atoms with van der Waals surface area (Å²) >= 11 is 0. The molecule has 0 unspecified atom stereocenters. The van der Waals surface area contributed by atoms with Gasteiger partial charge in [-0.15, -0.1) is 0 Å². The van der Waals surface area contributed by atoms with Gasteiger partial charge in [0.2, 0.25) is 5.79 Å². The van der Waals surface area contributed by atoms with Gasteiger partial charge in [0, 0.05) is 19.1 Å². The minimum Gasteiger partial charge on any atom is -0.508 e. The molecular weight excluding hydrogens is 668 g/mol. The third kappa shape index (κ3) is 9.34. The fraction of sp³-hybridized carbons (Fsp3) is 0.424. The van der Waals surface area contributed by atoms with Gasteiger partial charge in [0.1, 0.15) is 62.2 Å². The molecule has 2 aromatic carbocycles. The van der Waals surface area contributed by atoms with E-state index in [0.717, 1.165) is 19.1 Å². The van der Waals surface area contributed by atoms with Crippen molar-refractivity contribution in [1.29, 1.82) is 0 Å². The molecule has 7 N–H and O–H groups in total. The lowest BCUT2D eigenvalue weighted by Gasteiger charge is -2.43. The van der Waals surface area contributed by atoms with Gasteiger partial charge in [-0.1, -0.05) is 18.2 Å². The SMILES string of the molecule is COc1cc(/C=C/C(=O)OC[C@H]2O[C@@](CO)(O[C@H]3O[C@H](COC(C)=O)[C@@H](O)[C@H](O)[C@H]3O)[C@@H](OC(=O)/C=C/c3ccc(O)cc3)[C@H]2O)ccc1O. The Labute approximate surface area is 285 Å². The van der Waals surface area contributed by atoms with E-state index in [0.29, 0.717) is 11.1 Å². The molecule has 4 rings (SSSR count). The molecule has 0 aromatic heterocycles. The Kier molecular flexibility index (Phi) is 12.9. The summed E-state index contributed by atoms with van der Waals surface area (Å²) in [6.07, 6.45) is -9.54. The minimum atomic E-state index is -2.52. The summed E-state index contributed by atoms with van der Waals surface area (Å²) in [5.74, 6) is -5.19. The Morgan fingerprint density at radius 1 is 0.820 bits per heavy atom. The number of esters is 3. The lowest BCUT2D eigenvalue weighted by molar-refractivity contribution is -0.383. The lowest BCUT2D eigenvalue weighted by atomic mass is 9.99. The maximum atomic E-state index is 12.9. The Bertz CT molecular complexity index is 1540. The van der Waals surface area contributed by atoms with E-state index in [1.54, 1.807) is 0 Å². The number of hydrogen-bond donors (Lipinski definition) is 7. The standard InChI is InChI=1S/C33H38O17/c1-17(35)45-14-23-27(40)29(42)30(43)32(47-23)50-33(16-34)31(48-26(39)12-6-18-3-8-20(36)9-4-18)28(41)24(49-33)15-46-25(38)11-7-19-5-10-21(37)22(13-19)44-2/h3-13,23-24,27-32,34,36-37,40-43H,14-16H2,1-2H3/b11-7+,12-6+/t23-,24-,27-,28+,29+,30-,31+,32-,33+/m1/s1. The lowest BCUT2D eigenvalue weighted by Crippen LogP contribution is -2.63. The number of aromatic hydroxyl groups is 2. The Morgan fingerprint density at radius 2 is 1.46 bits per heavy atom. The number of aliphatic hydroxyl groups excluding tert-OH is 5. The molecular formula is C33H38O17. The van der Waals surface area contributed by atoms with Gasteiger partial charge < -0.3 is 68.9 Å². The molecule has 9 atom stereocenters. The highest BCUT2D eigenvalue weighted by Crippen LogP contribution is 2.38. The molecule has 2 aromatic rings. The molecule has 0 saturated carbocycles. The van der Waals surface area contributed by atoms with Crippen molar-refractivity contribution in [3.8, 4) is 17.2 Å². The molecule has 0 amide bonds. The van der Waals surface area contributed by atoms with Gasteiger partial charge in [0.25, 0.3) is 0 Å². The highest BCUT2D eigenvalue weighted by Gasteiger charge is 2.61. The number of hydrogen-bond acceptors (Lipinski definition) is 17. The normalized spacial score (nSPS) is 29.6. The summed E-state index contributed by atoms with van der Waals surface area (Å²) in [6, 6.07) is 10.1. The maximum Gasteiger partial charge on any atom is 0.331 e. The number of rotatable bonds is 13. The van der Waals surface area contributed by atoms with Crippen LogP contribution in [0.15, 0.2) is 54.6 Å². The number of phenols is 2. The van der Waals surface area contributed by atoms with Crippen molar-refractivity contribution in [3.63, 3.8) is 0 Å². The first-order valence-corrected chi connectivity index (χ1v) is 15.1. The van der Waals surface area contributed by atoms with Crippen LogP contribution in [0.1, 0.15) is 18.1 Å². The van der Waals surface area contributed by atoms with Crippen molar-refractivity contribution >= 4 is 30.1 Å². The third-order valence-corrected chi connectivity index (χ3v) is 7.68. The summed E-state index contributed by atoms with van der Waals surface area (Å²) in [5, 5.41) is 72.5. The highest BCUT2D eigenvalue weighted by molar-refractivity contribution is 5.88. The van der Waals surface area contributed by atoms with Crippen molar-refractivity contribution < 1.29 is 83.3 Å². The van der Waals surface area contributed by atoms with Crippen LogP contribution in [-0.4, -0.2) is 135 Å². The second kappa shape index (κ2) is 16.9. The van der Waals surface area contributed by atoms with E-state index in [1.165, 1.54) is 61.7 Å². The van der Waals surface area contributed by atoms with Crippen molar-refractivity contribution in [1.82, 2.24) is 0 Å². The summed E-state index contributed by atoms with van der Waals surface area (Å²) < 4.78 is 37.6. The predicted octanol–water partition coefficient (Wildman–Crippen LogP) is -0.876. The van der Waals surface area contributed by atoms with Gasteiger partial charge >= 0.3 is 17.9 Å². The van der Waals surface area contributed by atoms with Crippen molar-refractivity contribution in [2.75, 3.05) is 26.9 Å². The molecule has 2 saturated heterocycles. The Balaban J connectivity index is 1.54. The first-order chi connectivity index (χ1) is 23.8. The van der Waals surface area contributed by atoms with Gasteiger partial charge in [-0.25, -0.2) is 9.59 Å².